The number of fused-ring (bicyclic) bond motifs is 4. The molecule has 1 N–H and O–H groups in total. The molecule has 2 aliphatic rings. The van der Waals surface area contributed by atoms with E-state index in [1.165, 1.54) is 0 Å². The van der Waals surface area contributed by atoms with Gasteiger partial charge in [-0.05, 0) is 49.1 Å². The zero-order chi connectivity index (χ0) is 21.1. The Bertz CT molecular complexity index is 1420. The molecule has 1 fully saturated rings. The van der Waals surface area contributed by atoms with Crippen molar-refractivity contribution in [2.75, 3.05) is 24.7 Å². The number of rotatable bonds is 2. The summed E-state index contributed by atoms with van der Waals surface area (Å²) in [4.78, 5) is 35.1. The van der Waals surface area contributed by atoms with Gasteiger partial charge in [-0.3, -0.25) is 18.9 Å². The van der Waals surface area contributed by atoms with E-state index in [9.17, 15) is 9.59 Å². The number of H-pyrrole nitrogens is 1. The average molecular weight is 453 g/mol. The number of hydrogen-bond acceptors (Lipinski definition) is 6. The first-order chi connectivity index (χ1) is 15.1. The maximum absolute atomic E-state index is 13.4. The number of halogens is 1. The van der Waals surface area contributed by atoms with Crippen LogP contribution in [0.15, 0.2) is 35.3 Å². The summed E-state index contributed by atoms with van der Waals surface area (Å²) < 4.78 is 7.32. The third-order valence-corrected chi connectivity index (χ3v) is 6.22. The zero-order valence-electron chi connectivity index (χ0n) is 17.4. The van der Waals surface area contributed by atoms with Crippen molar-refractivity contribution < 1.29 is 9.53 Å². The van der Waals surface area contributed by atoms with Gasteiger partial charge in [-0.1, -0.05) is 6.07 Å². The van der Waals surface area contributed by atoms with Crippen molar-refractivity contribution in [3.8, 4) is 0 Å². The van der Waals surface area contributed by atoms with E-state index in [4.69, 9.17) is 4.74 Å². The highest BCUT2D eigenvalue weighted by atomic mass is 35.5. The first-order valence-corrected chi connectivity index (χ1v) is 10.4. The summed E-state index contributed by atoms with van der Waals surface area (Å²) in [5, 5.41) is 8.41. The summed E-state index contributed by atoms with van der Waals surface area (Å²) in [6.45, 7) is 3.73. The predicted octanol–water partition coefficient (Wildman–Crippen LogP) is 2.40. The molecule has 0 spiro atoms. The average Bonchev–Trinajstić information content (AvgIpc) is 3.52. The number of aryl methyl sites for hydroxylation is 1. The Morgan fingerprint density at radius 3 is 2.97 bits per heavy atom. The van der Waals surface area contributed by atoms with Crippen LogP contribution in [0.25, 0.3) is 16.7 Å². The number of nitrogens with zero attached hydrogens (tertiary/aromatic N) is 5. The molecule has 1 aromatic carbocycles. The normalized spacial score (nSPS) is 17.7. The van der Waals surface area contributed by atoms with E-state index in [1.807, 2.05) is 29.5 Å². The van der Waals surface area contributed by atoms with Gasteiger partial charge in [0.2, 0.25) is 5.65 Å². The number of benzene rings is 1. The minimum absolute atomic E-state index is 0. The Labute approximate surface area is 188 Å². The lowest BCUT2D eigenvalue weighted by atomic mass is 10.1. The Kier molecular flexibility index (Phi) is 4.94. The van der Waals surface area contributed by atoms with Crippen molar-refractivity contribution in [2.45, 2.75) is 25.7 Å². The van der Waals surface area contributed by atoms with Gasteiger partial charge in [-0.15, -0.1) is 22.6 Å². The van der Waals surface area contributed by atoms with Crippen molar-refractivity contribution in [3.05, 3.63) is 63.3 Å². The number of carbonyl (C=O) groups is 1. The zero-order valence-corrected chi connectivity index (χ0v) is 18.2. The van der Waals surface area contributed by atoms with E-state index >= 15 is 0 Å². The largest absolute Gasteiger partial charge is 0.381 e. The molecule has 164 valence electrons. The Morgan fingerprint density at radius 1 is 1.28 bits per heavy atom. The van der Waals surface area contributed by atoms with Crippen LogP contribution in [0.5, 0.6) is 0 Å². The van der Waals surface area contributed by atoms with Crippen molar-refractivity contribution in [2.24, 2.45) is 0 Å². The summed E-state index contributed by atoms with van der Waals surface area (Å²) >= 11 is 0. The molecule has 0 radical (unpaired) electrons. The second-order valence-electron chi connectivity index (χ2n) is 8.11. The molecule has 0 bridgehead atoms. The lowest BCUT2D eigenvalue weighted by molar-refractivity contribution is 0.0988. The molecule has 4 aromatic rings. The molecular formula is C22H21ClN6O3. The summed E-state index contributed by atoms with van der Waals surface area (Å²) in [6, 6.07) is 7.56. The summed E-state index contributed by atoms with van der Waals surface area (Å²) in [5.41, 5.74) is 3.70. The van der Waals surface area contributed by atoms with Gasteiger partial charge in [0.15, 0.2) is 0 Å². The molecule has 9 nitrogen and oxygen atoms in total. The number of hydrogen-bond donors (Lipinski definition) is 1. The van der Waals surface area contributed by atoms with Gasteiger partial charge in [0.25, 0.3) is 11.5 Å². The molecule has 1 unspecified atom stereocenters. The maximum atomic E-state index is 13.4. The van der Waals surface area contributed by atoms with Crippen LogP contribution < -0.4 is 10.5 Å². The molecular weight excluding hydrogens is 432 g/mol. The highest BCUT2D eigenvalue weighted by Crippen LogP contribution is 2.30. The standard InChI is InChI=1S/C22H20N6O3.ClH/c1-12-9-17-16(10-15(12)22(30)27-7-4-13-3-2-6-23-18(13)27)24-21(29)20-26-25-19(28(17)20)14-5-8-31-11-14;/h2-3,6,9-10,14H,4-5,7-8,11H2,1H3,(H,24,29);1H. The lowest BCUT2D eigenvalue weighted by Crippen LogP contribution is -2.30. The van der Waals surface area contributed by atoms with Gasteiger partial charge in [0.05, 0.1) is 17.6 Å². The number of anilines is 1. The van der Waals surface area contributed by atoms with Gasteiger partial charge in [0.1, 0.15) is 11.6 Å². The van der Waals surface area contributed by atoms with Crippen LogP contribution in [0.2, 0.25) is 0 Å². The van der Waals surface area contributed by atoms with Crippen LogP contribution in [-0.4, -0.2) is 50.2 Å². The quantitative estimate of drug-likeness (QED) is 0.500. The fraction of sp³-hybridized carbons (Fsp3) is 0.318. The lowest BCUT2D eigenvalue weighted by Gasteiger charge is -2.18. The van der Waals surface area contributed by atoms with E-state index in [-0.39, 0.29) is 35.4 Å². The molecule has 6 rings (SSSR count). The number of ether oxygens (including phenoxy) is 1. The Balaban J connectivity index is 0.00000216. The molecule has 1 saturated heterocycles. The van der Waals surface area contributed by atoms with E-state index in [1.54, 1.807) is 17.2 Å². The number of nitrogens with one attached hydrogen (secondary N) is 1. The summed E-state index contributed by atoms with van der Waals surface area (Å²) in [6.07, 6.45) is 3.32. The van der Waals surface area contributed by atoms with Crippen molar-refractivity contribution in [3.63, 3.8) is 0 Å². The second kappa shape index (κ2) is 7.68. The van der Waals surface area contributed by atoms with Gasteiger partial charge in [-0.2, -0.15) is 0 Å². The Morgan fingerprint density at radius 2 is 2.16 bits per heavy atom. The van der Waals surface area contributed by atoms with Crippen molar-refractivity contribution in [1.82, 2.24) is 24.6 Å². The molecule has 0 saturated carbocycles. The predicted molar refractivity (Wildman–Crippen MR) is 121 cm³/mol. The van der Waals surface area contributed by atoms with Gasteiger partial charge >= 0.3 is 0 Å². The minimum Gasteiger partial charge on any atom is -0.381 e. The number of aromatic nitrogens is 5. The van der Waals surface area contributed by atoms with E-state index in [0.717, 1.165) is 35.3 Å². The van der Waals surface area contributed by atoms with Crippen molar-refractivity contribution >= 4 is 40.8 Å². The third-order valence-electron chi connectivity index (χ3n) is 6.22. The topological polar surface area (TPSA) is 105 Å². The van der Waals surface area contributed by atoms with Crippen LogP contribution in [0.1, 0.15) is 39.6 Å². The van der Waals surface area contributed by atoms with E-state index in [0.29, 0.717) is 36.7 Å². The highest BCUT2D eigenvalue weighted by Gasteiger charge is 2.29. The fourth-order valence-electron chi connectivity index (χ4n) is 4.62. The monoisotopic (exact) mass is 452 g/mol. The smallest absolute Gasteiger partial charge is 0.294 e. The van der Waals surface area contributed by atoms with Crippen LogP contribution in [0.4, 0.5) is 5.82 Å². The SMILES string of the molecule is Cc1cc2c(cc1C(=O)N1CCc3cccnc31)[nH]c(=O)c1nnc(C3CCOC3)n12.Cl. The van der Waals surface area contributed by atoms with Gasteiger partial charge < -0.3 is 9.72 Å². The van der Waals surface area contributed by atoms with Gasteiger partial charge in [0, 0.05) is 30.8 Å². The van der Waals surface area contributed by atoms with Crippen LogP contribution in [0, 0.1) is 6.92 Å². The van der Waals surface area contributed by atoms with E-state index < -0.39 is 0 Å². The van der Waals surface area contributed by atoms with Crippen LogP contribution >= 0.6 is 12.4 Å². The highest BCUT2D eigenvalue weighted by molar-refractivity contribution is 6.09. The maximum Gasteiger partial charge on any atom is 0.294 e. The molecule has 1 amide bonds. The van der Waals surface area contributed by atoms with Crippen molar-refractivity contribution in [1.29, 1.82) is 0 Å². The van der Waals surface area contributed by atoms with Crippen LogP contribution in [-0.2, 0) is 11.2 Å². The van der Waals surface area contributed by atoms with E-state index in [2.05, 4.69) is 20.2 Å². The molecule has 2 aliphatic heterocycles. The number of amides is 1. The molecule has 3 aromatic heterocycles. The molecule has 0 aliphatic carbocycles. The summed E-state index contributed by atoms with van der Waals surface area (Å²) in [5.74, 6) is 1.40. The number of pyridine rings is 1. The number of carbonyl (C=O) groups excluding carboxylic acids is 1. The Hall–Kier alpha value is -3.30. The first kappa shape index (κ1) is 20.6. The third kappa shape index (κ3) is 3.00. The number of aromatic amines is 1. The molecule has 10 heteroatoms. The van der Waals surface area contributed by atoms with Gasteiger partial charge in [-0.25, -0.2) is 4.98 Å². The second-order valence-corrected chi connectivity index (χ2v) is 8.11. The molecule has 5 heterocycles. The summed E-state index contributed by atoms with van der Waals surface area (Å²) in [7, 11) is 0. The molecule has 32 heavy (non-hydrogen) atoms. The molecule has 1 atom stereocenters. The fourth-order valence-corrected chi connectivity index (χ4v) is 4.62. The first-order valence-electron chi connectivity index (χ1n) is 10.4. The van der Waals surface area contributed by atoms with Crippen LogP contribution in [0.3, 0.4) is 0 Å². The minimum atomic E-state index is -0.333.